The molecule has 0 aromatic heterocycles. The maximum Gasteiger partial charge on any atom is 0.127 e. The van der Waals surface area contributed by atoms with Crippen molar-refractivity contribution in [3.05, 3.63) is 60.2 Å². The summed E-state index contributed by atoms with van der Waals surface area (Å²) in [5.41, 5.74) is 2.44. The van der Waals surface area contributed by atoms with Gasteiger partial charge in [0.1, 0.15) is 11.5 Å². The molecular weight excluding hydrogens is 246 g/mol. The van der Waals surface area contributed by atoms with Crippen LogP contribution in [0.5, 0.6) is 11.5 Å². The lowest BCUT2D eigenvalue weighted by molar-refractivity contribution is 0.482. The van der Waals surface area contributed by atoms with Gasteiger partial charge in [-0.1, -0.05) is 44.2 Å². The van der Waals surface area contributed by atoms with Gasteiger partial charge in [-0.2, -0.15) is 0 Å². The summed E-state index contributed by atoms with van der Waals surface area (Å²) in [4.78, 5) is 4.64. The van der Waals surface area contributed by atoms with Gasteiger partial charge in [0.25, 0.3) is 0 Å². The number of para-hydroxylation sites is 1. The summed E-state index contributed by atoms with van der Waals surface area (Å²) in [7, 11) is 0. The van der Waals surface area contributed by atoms with Crippen molar-refractivity contribution in [1.82, 2.24) is 0 Å². The normalized spacial score (nSPS) is 10.1. The van der Waals surface area contributed by atoms with Gasteiger partial charge in [-0.3, -0.25) is 4.99 Å². The third-order valence-electron chi connectivity index (χ3n) is 3.18. The van der Waals surface area contributed by atoms with Crippen LogP contribution in [0.4, 0.5) is 0 Å². The Kier molecular flexibility index (Phi) is 5.36. The molecular formula is C18H21NO. The van der Waals surface area contributed by atoms with Gasteiger partial charge in [0.2, 0.25) is 0 Å². The Morgan fingerprint density at radius 1 is 0.900 bits per heavy atom. The zero-order chi connectivity index (χ0) is 14.2. The van der Waals surface area contributed by atoms with Gasteiger partial charge in [-0.05, 0) is 42.7 Å². The molecule has 0 aliphatic rings. The molecule has 0 atom stereocenters. The topological polar surface area (TPSA) is 21.6 Å². The van der Waals surface area contributed by atoms with E-state index in [1.54, 1.807) is 0 Å². The number of rotatable bonds is 6. The third kappa shape index (κ3) is 4.23. The molecule has 0 heterocycles. The molecule has 0 aliphatic carbocycles. The second-order valence-electron chi connectivity index (χ2n) is 4.65. The number of ether oxygens (including phenoxy) is 1. The average Bonchev–Trinajstić information content (AvgIpc) is 2.50. The highest BCUT2D eigenvalue weighted by atomic mass is 16.5. The highest BCUT2D eigenvalue weighted by Gasteiger charge is 1.99. The predicted octanol–water partition coefficient (Wildman–Crippen LogP) is 5.24. The molecule has 2 aromatic rings. The smallest absolute Gasteiger partial charge is 0.127 e. The van der Waals surface area contributed by atoms with Crippen molar-refractivity contribution in [2.75, 3.05) is 0 Å². The quantitative estimate of drug-likeness (QED) is 0.656. The second kappa shape index (κ2) is 7.49. The van der Waals surface area contributed by atoms with Crippen molar-refractivity contribution < 1.29 is 4.74 Å². The molecule has 20 heavy (non-hydrogen) atoms. The van der Waals surface area contributed by atoms with E-state index in [9.17, 15) is 0 Å². The van der Waals surface area contributed by atoms with Crippen LogP contribution in [0.3, 0.4) is 0 Å². The molecule has 2 aromatic carbocycles. The first-order chi connectivity index (χ1) is 9.81. The second-order valence-corrected chi connectivity index (χ2v) is 4.65. The molecule has 0 radical (unpaired) electrons. The van der Waals surface area contributed by atoms with Crippen LogP contribution in [0, 0.1) is 0 Å². The highest BCUT2D eigenvalue weighted by molar-refractivity contribution is 5.83. The van der Waals surface area contributed by atoms with Gasteiger partial charge < -0.3 is 4.74 Å². The Balaban J connectivity index is 2.06. The van der Waals surface area contributed by atoms with Crippen LogP contribution in [0.15, 0.2) is 59.6 Å². The van der Waals surface area contributed by atoms with Crippen LogP contribution in [0.1, 0.15) is 32.3 Å². The van der Waals surface area contributed by atoms with E-state index < -0.39 is 0 Å². The van der Waals surface area contributed by atoms with Crippen molar-refractivity contribution in [1.29, 1.82) is 0 Å². The van der Waals surface area contributed by atoms with E-state index in [2.05, 4.69) is 31.0 Å². The first-order valence-electron chi connectivity index (χ1n) is 7.16. The Hall–Kier alpha value is -2.09. The Morgan fingerprint density at radius 2 is 1.60 bits per heavy atom. The van der Waals surface area contributed by atoms with Gasteiger partial charge in [0, 0.05) is 5.71 Å². The molecule has 0 saturated heterocycles. The van der Waals surface area contributed by atoms with Gasteiger partial charge in [-0.15, -0.1) is 0 Å². The van der Waals surface area contributed by atoms with Crippen LogP contribution >= 0.6 is 0 Å². The van der Waals surface area contributed by atoms with Gasteiger partial charge in [0.05, 0.1) is 6.54 Å². The minimum atomic E-state index is 0.725. The van der Waals surface area contributed by atoms with Crippen LogP contribution in [0.2, 0.25) is 0 Å². The minimum Gasteiger partial charge on any atom is -0.457 e. The van der Waals surface area contributed by atoms with Crippen LogP contribution in [-0.4, -0.2) is 5.71 Å². The van der Waals surface area contributed by atoms with Gasteiger partial charge in [0.15, 0.2) is 0 Å². The molecule has 2 rings (SSSR count). The lowest BCUT2D eigenvalue weighted by Crippen LogP contribution is -1.95. The van der Waals surface area contributed by atoms with Crippen molar-refractivity contribution in [2.45, 2.75) is 33.2 Å². The van der Waals surface area contributed by atoms with Crippen molar-refractivity contribution in [3.8, 4) is 11.5 Å². The van der Waals surface area contributed by atoms with E-state index in [-0.39, 0.29) is 0 Å². The lowest BCUT2D eigenvalue weighted by Gasteiger charge is -2.07. The fraction of sp³-hybridized carbons (Fsp3) is 0.278. The molecule has 0 unspecified atom stereocenters. The maximum atomic E-state index is 5.83. The Morgan fingerprint density at radius 3 is 2.30 bits per heavy atom. The fourth-order valence-corrected chi connectivity index (χ4v) is 2.01. The molecule has 0 saturated carbocycles. The summed E-state index contributed by atoms with van der Waals surface area (Å²) < 4.78 is 5.83. The maximum absolute atomic E-state index is 5.83. The molecule has 0 amide bonds. The molecule has 0 aliphatic heterocycles. The van der Waals surface area contributed by atoms with E-state index in [1.807, 2.05) is 42.5 Å². The van der Waals surface area contributed by atoms with E-state index in [1.165, 1.54) is 11.3 Å². The first-order valence-corrected chi connectivity index (χ1v) is 7.16. The van der Waals surface area contributed by atoms with E-state index in [0.717, 1.165) is 30.9 Å². The van der Waals surface area contributed by atoms with Crippen LogP contribution in [0.25, 0.3) is 0 Å². The molecule has 0 spiro atoms. The van der Waals surface area contributed by atoms with E-state index >= 15 is 0 Å². The third-order valence-corrected chi connectivity index (χ3v) is 3.18. The minimum absolute atomic E-state index is 0.725. The number of hydrogen-bond donors (Lipinski definition) is 0. The van der Waals surface area contributed by atoms with Crippen LogP contribution < -0.4 is 4.74 Å². The Bertz CT molecular complexity index is 555. The predicted molar refractivity (Wildman–Crippen MR) is 84.7 cm³/mol. The van der Waals surface area contributed by atoms with Crippen molar-refractivity contribution in [2.24, 2.45) is 4.99 Å². The SMILES string of the molecule is CCC(CC)=NCc1cccc(Oc2ccccc2)c1. The number of aliphatic imine (C=N–C) groups is 1. The molecule has 2 heteroatoms. The summed E-state index contributed by atoms with van der Waals surface area (Å²) >= 11 is 0. The zero-order valence-corrected chi connectivity index (χ0v) is 12.2. The zero-order valence-electron chi connectivity index (χ0n) is 12.2. The molecule has 104 valence electrons. The number of nitrogens with zero attached hydrogens (tertiary/aromatic N) is 1. The lowest BCUT2D eigenvalue weighted by atomic mass is 10.2. The first kappa shape index (κ1) is 14.3. The average molecular weight is 267 g/mol. The summed E-state index contributed by atoms with van der Waals surface area (Å²) in [5, 5.41) is 0. The van der Waals surface area contributed by atoms with Gasteiger partial charge in [-0.25, -0.2) is 0 Å². The molecule has 0 fully saturated rings. The summed E-state index contributed by atoms with van der Waals surface area (Å²) in [6.07, 6.45) is 2.05. The van der Waals surface area contributed by atoms with Crippen LogP contribution in [-0.2, 0) is 6.54 Å². The number of hydrogen-bond acceptors (Lipinski definition) is 2. The van der Waals surface area contributed by atoms with Gasteiger partial charge >= 0.3 is 0 Å². The summed E-state index contributed by atoms with van der Waals surface area (Å²) in [5.74, 6) is 1.72. The van der Waals surface area contributed by atoms with Crippen molar-refractivity contribution in [3.63, 3.8) is 0 Å². The molecule has 2 nitrogen and oxygen atoms in total. The molecule has 0 N–H and O–H groups in total. The van der Waals surface area contributed by atoms with Crippen molar-refractivity contribution >= 4 is 5.71 Å². The Labute approximate surface area is 121 Å². The monoisotopic (exact) mass is 267 g/mol. The van der Waals surface area contributed by atoms with E-state index in [4.69, 9.17) is 4.74 Å². The van der Waals surface area contributed by atoms with E-state index in [0.29, 0.717) is 0 Å². The highest BCUT2D eigenvalue weighted by Crippen LogP contribution is 2.22. The summed E-state index contributed by atoms with van der Waals surface area (Å²) in [6, 6.07) is 18.0. The molecule has 0 bridgehead atoms. The fourth-order valence-electron chi connectivity index (χ4n) is 2.01. The number of benzene rings is 2. The summed E-state index contributed by atoms with van der Waals surface area (Å²) in [6.45, 7) is 5.03. The largest absolute Gasteiger partial charge is 0.457 e. The standard InChI is InChI=1S/C18H21NO/c1-3-16(4-2)19-14-15-9-8-12-18(13-15)20-17-10-6-5-7-11-17/h5-13H,3-4,14H2,1-2H3.